The normalized spacial score (nSPS) is 23.0. The van der Waals surface area contributed by atoms with Crippen LogP contribution in [0.5, 0.6) is 0 Å². The van der Waals surface area contributed by atoms with Crippen molar-refractivity contribution in [2.45, 2.75) is 18.9 Å². The SMILES string of the molecule is c1coc(CCC2CN2)c1. The molecule has 0 saturated carbocycles. The van der Waals surface area contributed by atoms with Gasteiger partial charge in [-0.3, -0.25) is 0 Å². The maximum atomic E-state index is 5.18. The van der Waals surface area contributed by atoms with Crippen LogP contribution in [0.4, 0.5) is 0 Å². The lowest BCUT2D eigenvalue weighted by atomic mass is 10.2. The molecule has 1 aliphatic heterocycles. The lowest BCUT2D eigenvalue weighted by molar-refractivity contribution is 0.501. The van der Waals surface area contributed by atoms with Crippen molar-refractivity contribution < 1.29 is 4.42 Å². The topological polar surface area (TPSA) is 35.1 Å². The Morgan fingerprint density at radius 1 is 1.70 bits per heavy atom. The molecule has 2 heterocycles. The van der Waals surface area contributed by atoms with Crippen LogP contribution in [0.25, 0.3) is 0 Å². The van der Waals surface area contributed by atoms with E-state index in [0.717, 1.165) is 18.2 Å². The molecule has 1 atom stereocenters. The van der Waals surface area contributed by atoms with Crippen molar-refractivity contribution in [3.05, 3.63) is 24.2 Å². The summed E-state index contributed by atoms with van der Waals surface area (Å²) in [6.07, 6.45) is 4.02. The van der Waals surface area contributed by atoms with Gasteiger partial charge in [0.15, 0.2) is 0 Å². The minimum Gasteiger partial charge on any atom is -0.469 e. The van der Waals surface area contributed by atoms with Gasteiger partial charge in [-0.25, -0.2) is 0 Å². The maximum absolute atomic E-state index is 5.18. The van der Waals surface area contributed by atoms with Gasteiger partial charge in [0.25, 0.3) is 0 Å². The number of nitrogens with one attached hydrogen (secondary N) is 1. The van der Waals surface area contributed by atoms with Gasteiger partial charge in [0.05, 0.1) is 6.26 Å². The Bertz CT molecular complexity index is 189. The molecule has 2 heteroatoms. The Kier molecular flexibility index (Phi) is 1.47. The number of hydrogen-bond donors (Lipinski definition) is 1. The van der Waals surface area contributed by atoms with Crippen LogP contribution in [0.2, 0.25) is 0 Å². The van der Waals surface area contributed by atoms with Gasteiger partial charge in [-0.2, -0.15) is 0 Å². The van der Waals surface area contributed by atoms with E-state index in [2.05, 4.69) is 5.32 Å². The van der Waals surface area contributed by atoms with E-state index in [1.165, 1.54) is 13.0 Å². The predicted molar refractivity (Wildman–Crippen MR) is 38.8 cm³/mol. The molecule has 1 unspecified atom stereocenters. The van der Waals surface area contributed by atoms with Gasteiger partial charge in [-0.05, 0) is 18.6 Å². The van der Waals surface area contributed by atoms with Crippen LogP contribution < -0.4 is 5.32 Å². The Labute approximate surface area is 60.2 Å². The van der Waals surface area contributed by atoms with E-state index in [9.17, 15) is 0 Å². The molecule has 2 rings (SSSR count). The lowest BCUT2D eigenvalue weighted by Gasteiger charge is -1.91. The fourth-order valence-electron chi connectivity index (χ4n) is 1.06. The van der Waals surface area contributed by atoms with Crippen LogP contribution in [-0.2, 0) is 6.42 Å². The smallest absolute Gasteiger partial charge is 0.103 e. The molecule has 1 aromatic rings. The Balaban J connectivity index is 1.79. The van der Waals surface area contributed by atoms with Gasteiger partial charge in [0, 0.05) is 19.0 Å². The van der Waals surface area contributed by atoms with E-state index in [0.29, 0.717) is 0 Å². The van der Waals surface area contributed by atoms with Crippen molar-refractivity contribution in [3.63, 3.8) is 0 Å². The summed E-state index contributed by atoms with van der Waals surface area (Å²) < 4.78 is 5.18. The molecule has 0 bridgehead atoms. The van der Waals surface area contributed by atoms with E-state index < -0.39 is 0 Å². The summed E-state index contributed by atoms with van der Waals surface area (Å²) >= 11 is 0. The fourth-order valence-corrected chi connectivity index (χ4v) is 1.06. The van der Waals surface area contributed by atoms with Gasteiger partial charge in [-0.15, -0.1) is 0 Å². The molecule has 0 aliphatic carbocycles. The van der Waals surface area contributed by atoms with Crippen LogP contribution >= 0.6 is 0 Å². The molecule has 1 fully saturated rings. The molecular formula is C8H11NO. The average molecular weight is 137 g/mol. The minimum absolute atomic E-state index is 0.769. The molecule has 0 radical (unpaired) electrons. The first-order chi connectivity index (χ1) is 4.95. The van der Waals surface area contributed by atoms with Crippen molar-refractivity contribution in [1.82, 2.24) is 5.32 Å². The zero-order valence-corrected chi connectivity index (χ0v) is 5.84. The number of hydrogen-bond acceptors (Lipinski definition) is 2. The highest BCUT2D eigenvalue weighted by atomic mass is 16.3. The van der Waals surface area contributed by atoms with Gasteiger partial charge in [0.2, 0.25) is 0 Å². The molecular weight excluding hydrogens is 126 g/mol. The summed E-state index contributed by atoms with van der Waals surface area (Å²) in [5, 5.41) is 3.26. The monoisotopic (exact) mass is 137 g/mol. The van der Waals surface area contributed by atoms with Crippen molar-refractivity contribution in [2.75, 3.05) is 6.54 Å². The van der Waals surface area contributed by atoms with E-state index in [1.54, 1.807) is 6.26 Å². The summed E-state index contributed by atoms with van der Waals surface area (Å²) in [5.41, 5.74) is 0. The van der Waals surface area contributed by atoms with Gasteiger partial charge in [-0.1, -0.05) is 0 Å². The van der Waals surface area contributed by atoms with Crippen LogP contribution in [-0.4, -0.2) is 12.6 Å². The van der Waals surface area contributed by atoms with Crippen molar-refractivity contribution in [2.24, 2.45) is 0 Å². The molecule has 0 spiro atoms. The first kappa shape index (κ1) is 5.98. The Hall–Kier alpha value is -0.760. The van der Waals surface area contributed by atoms with Gasteiger partial charge in [0.1, 0.15) is 5.76 Å². The zero-order chi connectivity index (χ0) is 6.81. The molecule has 1 aliphatic rings. The molecule has 1 N–H and O–H groups in total. The molecule has 10 heavy (non-hydrogen) atoms. The quantitative estimate of drug-likeness (QED) is 0.635. The summed E-state index contributed by atoms with van der Waals surface area (Å²) in [7, 11) is 0. The van der Waals surface area contributed by atoms with Crippen molar-refractivity contribution >= 4 is 0 Å². The summed E-state index contributed by atoms with van der Waals surface area (Å²) in [6, 6.07) is 4.74. The molecule has 0 amide bonds. The highest BCUT2D eigenvalue weighted by molar-refractivity contribution is 4.99. The second-order valence-electron chi connectivity index (χ2n) is 2.72. The van der Waals surface area contributed by atoms with E-state index in [1.807, 2.05) is 12.1 Å². The third-order valence-corrected chi connectivity index (χ3v) is 1.81. The molecule has 0 aromatic carbocycles. The first-order valence-electron chi connectivity index (χ1n) is 3.71. The number of furan rings is 1. The molecule has 54 valence electrons. The van der Waals surface area contributed by atoms with Crippen LogP contribution in [0.3, 0.4) is 0 Å². The highest BCUT2D eigenvalue weighted by Gasteiger charge is 2.19. The standard InChI is InChI=1S/C8H11NO/c1-2-8(10-5-1)4-3-7-6-9-7/h1-2,5,7,9H,3-4,6H2. The number of rotatable bonds is 3. The van der Waals surface area contributed by atoms with Crippen LogP contribution in [0.1, 0.15) is 12.2 Å². The number of aryl methyl sites for hydroxylation is 1. The van der Waals surface area contributed by atoms with E-state index >= 15 is 0 Å². The maximum Gasteiger partial charge on any atom is 0.103 e. The molecule has 2 nitrogen and oxygen atoms in total. The Morgan fingerprint density at radius 2 is 2.60 bits per heavy atom. The van der Waals surface area contributed by atoms with Crippen molar-refractivity contribution in [1.29, 1.82) is 0 Å². The fraction of sp³-hybridized carbons (Fsp3) is 0.500. The second-order valence-corrected chi connectivity index (χ2v) is 2.72. The van der Waals surface area contributed by atoms with E-state index in [-0.39, 0.29) is 0 Å². The van der Waals surface area contributed by atoms with Crippen LogP contribution in [0, 0.1) is 0 Å². The second kappa shape index (κ2) is 2.46. The summed E-state index contributed by atoms with van der Waals surface area (Å²) in [4.78, 5) is 0. The average Bonchev–Trinajstić information content (AvgIpc) is 2.63. The zero-order valence-electron chi connectivity index (χ0n) is 5.84. The molecule has 1 aromatic heterocycles. The summed E-state index contributed by atoms with van der Waals surface area (Å²) in [6.45, 7) is 1.20. The first-order valence-corrected chi connectivity index (χ1v) is 3.71. The summed E-state index contributed by atoms with van der Waals surface area (Å²) in [5.74, 6) is 1.11. The van der Waals surface area contributed by atoms with Crippen molar-refractivity contribution in [3.8, 4) is 0 Å². The largest absolute Gasteiger partial charge is 0.469 e. The van der Waals surface area contributed by atoms with E-state index in [4.69, 9.17) is 4.42 Å². The highest BCUT2D eigenvalue weighted by Crippen LogP contribution is 2.09. The van der Waals surface area contributed by atoms with Gasteiger partial charge < -0.3 is 9.73 Å². The van der Waals surface area contributed by atoms with Crippen LogP contribution in [0.15, 0.2) is 22.8 Å². The third kappa shape index (κ3) is 1.39. The third-order valence-electron chi connectivity index (χ3n) is 1.81. The lowest BCUT2D eigenvalue weighted by Crippen LogP contribution is -1.92. The predicted octanol–water partition coefficient (Wildman–Crippen LogP) is 1.18. The minimum atomic E-state index is 0.769. The Morgan fingerprint density at radius 3 is 3.20 bits per heavy atom. The van der Waals surface area contributed by atoms with Gasteiger partial charge >= 0.3 is 0 Å². The molecule has 1 saturated heterocycles.